The molecule has 6 nitrogen and oxygen atoms in total. The van der Waals surface area contributed by atoms with Gasteiger partial charge in [0.1, 0.15) is 6.33 Å². The van der Waals surface area contributed by atoms with Crippen LogP contribution in [0.5, 0.6) is 0 Å². The van der Waals surface area contributed by atoms with E-state index in [0.29, 0.717) is 18.0 Å². The maximum absolute atomic E-state index is 11.8. The zero-order valence-corrected chi connectivity index (χ0v) is 11.2. The molecule has 0 aromatic carbocycles. The van der Waals surface area contributed by atoms with Gasteiger partial charge in [-0.2, -0.15) is 0 Å². The first-order valence-corrected chi connectivity index (χ1v) is 6.24. The SMILES string of the molecule is CC(C)C[C@H](CNC(=O)c1cncnc1)CC(=O)O. The Hall–Kier alpha value is -1.98. The molecule has 2 N–H and O–H groups in total. The number of nitrogens with zero attached hydrogens (tertiary/aromatic N) is 2. The predicted molar refractivity (Wildman–Crippen MR) is 69.6 cm³/mol. The topological polar surface area (TPSA) is 92.2 Å². The highest BCUT2D eigenvalue weighted by atomic mass is 16.4. The number of aliphatic carboxylic acids is 1. The molecule has 0 aliphatic rings. The Morgan fingerprint density at radius 2 is 1.95 bits per heavy atom. The van der Waals surface area contributed by atoms with E-state index in [1.54, 1.807) is 0 Å². The maximum atomic E-state index is 11.8. The van der Waals surface area contributed by atoms with E-state index in [1.165, 1.54) is 18.7 Å². The molecule has 1 amide bonds. The molecule has 0 fully saturated rings. The summed E-state index contributed by atoms with van der Waals surface area (Å²) in [6.45, 7) is 4.40. The lowest BCUT2D eigenvalue weighted by molar-refractivity contribution is -0.138. The van der Waals surface area contributed by atoms with Crippen molar-refractivity contribution < 1.29 is 14.7 Å². The molecular weight excluding hydrogens is 246 g/mol. The minimum atomic E-state index is -0.844. The molecule has 6 heteroatoms. The van der Waals surface area contributed by atoms with Gasteiger partial charge in [0.15, 0.2) is 0 Å². The van der Waals surface area contributed by atoms with Crippen LogP contribution in [0, 0.1) is 11.8 Å². The summed E-state index contributed by atoms with van der Waals surface area (Å²) in [5, 5.41) is 11.6. The van der Waals surface area contributed by atoms with E-state index in [2.05, 4.69) is 15.3 Å². The number of nitrogens with one attached hydrogen (secondary N) is 1. The van der Waals surface area contributed by atoms with Gasteiger partial charge in [0.25, 0.3) is 5.91 Å². The highest BCUT2D eigenvalue weighted by molar-refractivity contribution is 5.93. The standard InChI is InChI=1S/C13H19N3O3/c1-9(2)3-10(4-12(17)18)5-16-13(19)11-6-14-8-15-7-11/h6-10H,3-5H2,1-2H3,(H,16,19)(H,17,18)/t10-/m0/s1. The largest absolute Gasteiger partial charge is 0.481 e. The molecule has 0 unspecified atom stereocenters. The van der Waals surface area contributed by atoms with Crippen LogP contribution in [0.1, 0.15) is 37.0 Å². The maximum Gasteiger partial charge on any atom is 0.303 e. The fraction of sp³-hybridized carbons (Fsp3) is 0.538. The monoisotopic (exact) mass is 265 g/mol. The van der Waals surface area contributed by atoms with Crippen LogP contribution in [0.15, 0.2) is 18.7 Å². The Morgan fingerprint density at radius 3 is 2.47 bits per heavy atom. The summed E-state index contributed by atoms with van der Waals surface area (Å²) in [6, 6.07) is 0. The predicted octanol–water partition coefficient (Wildman–Crippen LogP) is 1.34. The molecule has 0 radical (unpaired) electrons. The summed E-state index contributed by atoms with van der Waals surface area (Å²) >= 11 is 0. The molecule has 0 aliphatic heterocycles. The molecule has 1 aromatic rings. The van der Waals surface area contributed by atoms with Crippen LogP contribution in [0.4, 0.5) is 0 Å². The molecule has 1 aromatic heterocycles. The molecule has 0 saturated carbocycles. The summed E-state index contributed by atoms with van der Waals surface area (Å²) in [4.78, 5) is 30.1. The van der Waals surface area contributed by atoms with Crippen LogP contribution in [-0.4, -0.2) is 33.5 Å². The van der Waals surface area contributed by atoms with E-state index in [1.807, 2.05) is 13.8 Å². The van der Waals surface area contributed by atoms with Crippen molar-refractivity contribution in [3.05, 3.63) is 24.3 Å². The molecule has 1 rings (SSSR count). The number of carboxylic acid groups (broad SMARTS) is 1. The van der Waals surface area contributed by atoms with Gasteiger partial charge in [-0.25, -0.2) is 9.97 Å². The van der Waals surface area contributed by atoms with Crippen molar-refractivity contribution in [3.8, 4) is 0 Å². The first-order valence-electron chi connectivity index (χ1n) is 6.24. The van der Waals surface area contributed by atoms with E-state index in [-0.39, 0.29) is 18.2 Å². The summed E-state index contributed by atoms with van der Waals surface area (Å²) in [5.74, 6) is -0.796. The van der Waals surface area contributed by atoms with Gasteiger partial charge < -0.3 is 10.4 Å². The molecule has 19 heavy (non-hydrogen) atoms. The molecule has 104 valence electrons. The summed E-state index contributed by atoms with van der Waals surface area (Å²) in [6.07, 6.45) is 5.03. The minimum absolute atomic E-state index is 0.0593. The van der Waals surface area contributed by atoms with E-state index in [4.69, 9.17) is 5.11 Å². The molecule has 0 aliphatic carbocycles. The third-order valence-corrected chi connectivity index (χ3v) is 2.64. The van der Waals surface area contributed by atoms with E-state index < -0.39 is 5.97 Å². The highest BCUT2D eigenvalue weighted by Crippen LogP contribution is 2.14. The van der Waals surface area contributed by atoms with Crippen molar-refractivity contribution in [2.24, 2.45) is 11.8 Å². The number of hydrogen-bond acceptors (Lipinski definition) is 4. The first kappa shape index (κ1) is 15.1. The second kappa shape index (κ2) is 7.45. The molecule has 0 bridgehead atoms. The summed E-state index contributed by atoms with van der Waals surface area (Å²) < 4.78 is 0. The number of rotatable bonds is 7. The van der Waals surface area contributed by atoms with Gasteiger partial charge in [-0.15, -0.1) is 0 Å². The minimum Gasteiger partial charge on any atom is -0.481 e. The number of carboxylic acids is 1. The third kappa shape index (κ3) is 5.94. The van der Waals surface area contributed by atoms with Crippen LogP contribution in [0.25, 0.3) is 0 Å². The van der Waals surface area contributed by atoms with E-state index in [0.717, 1.165) is 6.42 Å². The quantitative estimate of drug-likeness (QED) is 0.776. The highest BCUT2D eigenvalue weighted by Gasteiger charge is 2.16. The van der Waals surface area contributed by atoms with Crippen molar-refractivity contribution in [1.29, 1.82) is 0 Å². The second-order valence-corrected chi connectivity index (χ2v) is 4.93. The molecular formula is C13H19N3O3. The number of amides is 1. The average Bonchev–Trinajstić information content (AvgIpc) is 2.35. The number of carbonyl (C=O) groups excluding carboxylic acids is 1. The Kier molecular flexibility index (Phi) is 5.92. The third-order valence-electron chi connectivity index (χ3n) is 2.64. The molecule has 0 spiro atoms. The number of aromatic nitrogens is 2. The van der Waals surface area contributed by atoms with Crippen molar-refractivity contribution in [3.63, 3.8) is 0 Å². The Bertz CT molecular complexity index is 420. The van der Waals surface area contributed by atoms with Crippen LogP contribution in [0.3, 0.4) is 0 Å². The second-order valence-electron chi connectivity index (χ2n) is 4.93. The van der Waals surface area contributed by atoms with Gasteiger partial charge in [-0.05, 0) is 18.3 Å². The lowest BCUT2D eigenvalue weighted by Gasteiger charge is -2.17. The number of hydrogen-bond donors (Lipinski definition) is 2. The van der Waals surface area contributed by atoms with Crippen molar-refractivity contribution >= 4 is 11.9 Å². The van der Waals surface area contributed by atoms with E-state index >= 15 is 0 Å². The zero-order chi connectivity index (χ0) is 14.3. The van der Waals surface area contributed by atoms with Gasteiger partial charge in [0, 0.05) is 25.4 Å². The Balaban J connectivity index is 2.51. The van der Waals surface area contributed by atoms with Gasteiger partial charge in [-0.3, -0.25) is 9.59 Å². The van der Waals surface area contributed by atoms with Crippen LogP contribution in [-0.2, 0) is 4.79 Å². The Morgan fingerprint density at radius 1 is 1.32 bits per heavy atom. The average molecular weight is 265 g/mol. The van der Waals surface area contributed by atoms with Crippen LogP contribution >= 0.6 is 0 Å². The van der Waals surface area contributed by atoms with Crippen LogP contribution in [0.2, 0.25) is 0 Å². The fourth-order valence-corrected chi connectivity index (χ4v) is 1.91. The summed E-state index contributed by atoms with van der Waals surface area (Å²) in [7, 11) is 0. The molecule has 1 atom stereocenters. The van der Waals surface area contributed by atoms with Crippen molar-refractivity contribution in [2.75, 3.05) is 6.54 Å². The van der Waals surface area contributed by atoms with Gasteiger partial charge in [0.05, 0.1) is 5.56 Å². The van der Waals surface area contributed by atoms with Gasteiger partial charge in [0.2, 0.25) is 0 Å². The normalized spacial score (nSPS) is 12.2. The zero-order valence-electron chi connectivity index (χ0n) is 11.2. The summed E-state index contributed by atoms with van der Waals surface area (Å²) in [5.41, 5.74) is 0.376. The van der Waals surface area contributed by atoms with E-state index in [9.17, 15) is 9.59 Å². The fourth-order valence-electron chi connectivity index (χ4n) is 1.91. The van der Waals surface area contributed by atoms with Gasteiger partial charge in [-0.1, -0.05) is 13.8 Å². The first-order chi connectivity index (χ1) is 8.99. The Labute approximate surface area is 112 Å². The van der Waals surface area contributed by atoms with Crippen molar-refractivity contribution in [2.45, 2.75) is 26.7 Å². The molecule has 0 saturated heterocycles. The van der Waals surface area contributed by atoms with Crippen LogP contribution < -0.4 is 5.32 Å². The lowest BCUT2D eigenvalue weighted by atomic mass is 9.94. The smallest absolute Gasteiger partial charge is 0.303 e. The number of carbonyl (C=O) groups is 2. The van der Waals surface area contributed by atoms with Crippen molar-refractivity contribution in [1.82, 2.24) is 15.3 Å². The lowest BCUT2D eigenvalue weighted by Crippen LogP contribution is -2.31. The van der Waals surface area contributed by atoms with Gasteiger partial charge >= 0.3 is 5.97 Å². The molecule has 1 heterocycles.